The van der Waals surface area contributed by atoms with E-state index < -0.39 is 23.7 Å². The van der Waals surface area contributed by atoms with Crippen molar-refractivity contribution in [3.05, 3.63) is 69.9 Å². The number of carbonyl (C=O) groups is 4. The third kappa shape index (κ3) is 8.34. The fourth-order valence-electron chi connectivity index (χ4n) is 6.71. The molecule has 3 heterocycles. The molecule has 1 saturated heterocycles. The Morgan fingerprint density at radius 2 is 1.79 bits per heavy atom. The van der Waals surface area contributed by atoms with Crippen molar-refractivity contribution in [2.75, 3.05) is 38.5 Å². The summed E-state index contributed by atoms with van der Waals surface area (Å²) in [4.78, 5) is 58.3. The molecule has 12 heteroatoms. The summed E-state index contributed by atoms with van der Waals surface area (Å²) in [5.41, 5.74) is 1.01. The molecule has 0 unspecified atom stereocenters. The number of aryl methyl sites for hydroxylation is 1. The predicted molar refractivity (Wildman–Crippen MR) is 180 cm³/mol. The van der Waals surface area contributed by atoms with Crippen LogP contribution in [0.2, 0.25) is 0 Å². The number of piperazine rings is 1. The second-order valence-corrected chi connectivity index (χ2v) is 13.7. The number of halogens is 1. The van der Waals surface area contributed by atoms with Crippen LogP contribution >= 0.6 is 11.3 Å². The van der Waals surface area contributed by atoms with Gasteiger partial charge in [0.2, 0.25) is 11.8 Å². The molecule has 1 aromatic carbocycles. The van der Waals surface area contributed by atoms with Crippen LogP contribution in [0.25, 0.3) is 0 Å². The number of hydrogen-bond donors (Lipinski definition) is 2. The van der Waals surface area contributed by atoms with E-state index in [9.17, 15) is 19.2 Å². The van der Waals surface area contributed by atoms with Crippen LogP contribution in [0, 0.1) is 17.7 Å². The van der Waals surface area contributed by atoms with E-state index in [-0.39, 0.29) is 41.5 Å². The van der Waals surface area contributed by atoms with Gasteiger partial charge in [0, 0.05) is 57.2 Å². The summed E-state index contributed by atoms with van der Waals surface area (Å²) in [7, 11) is 2.00. The van der Waals surface area contributed by atoms with Crippen molar-refractivity contribution in [3.8, 4) is 0 Å². The monoisotopic (exact) mass is 664 g/mol. The molecule has 1 aliphatic carbocycles. The molecule has 0 radical (unpaired) electrons. The number of hydrogen-bond acceptors (Lipinski definition) is 7. The molecule has 252 valence electrons. The number of nitrogens with zero attached hydrogens (tertiary/aromatic N) is 4. The number of amides is 3. The van der Waals surface area contributed by atoms with Gasteiger partial charge in [-0.3, -0.25) is 23.9 Å². The number of thiophene rings is 1. The maximum atomic E-state index is 15.7. The molecule has 10 nitrogen and oxygen atoms in total. The van der Waals surface area contributed by atoms with Crippen LogP contribution in [0.3, 0.4) is 0 Å². The molecular weight excluding hydrogens is 619 g/mol. The first-order valence-corrected chi connectivity index (χ1v) is 17.5. The molecule has 0 spiro atoms. The van der Waals surface area contributed by atoms with Gasteiger partial charge in [0.1, 0.15) is 17.6 Å². The fraction of sp³-hybridized carbons (Fsp3) is 0.514. The molecule has 5 rings (SSSR count). The van der Waals surface area contributed by atoms with Gasteiger partial charge in [-0.05, 0) is 67.9 Å². The van der Waals surface area contributed by atoms with Crippen LogP contribution < -0.4 is 10.6 Å². The van der Waals surface area contributed by atoms with Crippen molar-refractivity contribution in [1.82, 2.24) is 24.9 Å². The fourth-order valence-corrected chi connectivity index (χ4v) is 7.34. The van der Waals surface area contributed by atoms with Gasteiger partial charge in [0.15, 0.2) is 5.78 Å². The molecule has 2 aliphatic rings. The zero-order chi connectivity index (χ0) is 33.5. The minimum atomic E-state index is -0.911. The first-order chi connectivity index (χ1) is 22.7. The Labute approximate surface area is 279 Å². The lowest BCUT2D eigenvalue weighted by Gasteiger charge is -2.36. The molecule has 3 aromatic rings. The molecule has 2 fully saturated rings. The van der Waals surface area contributed by atoms with Crippen LogP contribution in [0.4, 0.5) is 10.1 Å². The van der Waals surface area contributed by atoms with Crippen LogP contribution in [0.15, 0.2) is 48.0 Å². The Balaban J connectivity index is 1.33. The highest BCUT2D eigenvalue weighted by atomic mass is 32.1. The highest BCUT2D eigenvalue weighted by Gasteiger charge is 2.35. The zero-order valence-electron chi connectivity index (χ0n) is 27.4. The SMILES string of the molecule is CCn1nccc1C(=O)C[C@H](C(=O)Nc1ccc([C@H](C)[C@@H](NC(=O)c2cccs2)C(=O)N2CCN(C)CC2)cc1F)C1CCCCC1. The van der Waals surface area contributed by atoms with Gasteiger partial charge in [-0.15, -0.1) is 11.3 Å². The van der Waals surface area contributed by atoms with Crippen molar-refractivity contribution < 1.29 is 23.6 Å². The number of ketones is 1. The minimum Gasteiger partial charge on any atom is -0.339 e. The van der Waals surface area contributed by atoms with Crippen molar-refractivity contribution in [2.24, 2.45) is 11.8 Å². The third-order valence-electron chi connectivity index (χ3n) is 9.65. The molecular formula is C35H45FN6O4S. The molecule has 2 aromatic heterocycles. The maximum absolute atomic E-state index is 15.7. The van der Waals surface area contributed by atoms with E-state index in [1.807, 2.05) is 14.0 Å². The van der Waals surface area contributed by atoms with Crippen LogP contribution in [-0.4, -0.2) is 82.4 Å². The Bertz CT molecular complexity index is 1540. The quantitative estimate of drug-likeness (QED) is 0.258. The summed E-state index contributed by atoms with van der Waals surface area (Å²) in [5.74, 6) is -2.86. The minimum absolute atomic E-state index is 0.0161. The van der Waals surface area contributed by atoms with Crippen LogP contribution in [0.1, 0.15) is 84.0 Å². The van der Waals surface area contributed by atoms with Gasteiger partial charge in [-0.1, -0.05) is 38.3 Å². The van der Waals surface area contributed by atoms with Crippen molar-refractivity contribution in [2.45, 2.75) is 70.9 Å². The number of nitrogens with one attached hydrogen (secondary N) is 2. The largest absolute Gasteiger partial charge is 0.339 e. The Morgan fingerprint density at radius 3 is 2.45 bits per heavy atom. The number of likely N-dealkylation sites (N-methyl/N-ethyl adjacent to an activating group) is 1. The van der Waals surface area contributed by atoms with Gasteiger partial charge in [0.05, 0.1) is 10.6 Å². The van der Waals surface area contributed by atoms with Gasteiger partial charge >= 0.3 is 0 Å². The van der Waals surface area contributed by atoms with Crippen molar-refractivity contribution in [3.63, 3.8) is 0 Å². The highest BCUT2D eigenvalue weighted by Crippen LogP contribution is 2.34. The lowest BCUT2D eigenvalue weighted by molar-refractivity contribution is -0.135. The molecule has 1 aliphatic heterocycles. The van der Waals surface area contributed by atoms with Gasteiger partial charge < -0.3 is 20.4 Å². The summed E-state index contributed by atoms with van der Waals surface area (Å²) in [6.45, 7) is 6.78. The number of Topliss-reactive ketones (excluding diaryl/α,β-unsaturated/α-hetero) is 1. The summed E-state index contributed by atoms with van der Waals surface area (Å²) in [6.07, 6.45) is 6.39. The Morgan fingerprint density at radius 1 is 1.04 bits per heavy atom. The second kappa shape index (κ2) is 15.8. The lowest BCUT2D eigenvalue weighted by atomic mass is 9.77. The van der Waals surface area contributed by atoms with E-state index in [1.54, 1.807) is 52.3 Å². The van der Waals surface area contributed by atoms with Crippen LogP contribution in [0.5, 0.6) is 0 Å². The lowest BCUT2D eigenvalue weighted by Crippen LogP contribution is -2.55. The van der Waals surface area contributed by atoms with E-state index in [1.165, 1.54) is 23.5 Å². The maximum Gasteiger partial charge on any atom is 0.262 e. The smallest absolute Gasteiger partial charge is 0.262 e. The van der Waals surface area contributed by atoms with Gasteiger partial charge in [-0.2, -0.15) is 5.10 Å². The van der Waals surface area contributed by atoms with Gasteiger partial charge in [-0.25, -0.2) is 4.39 Å². The van der Waals surface area contributed by atoms with Crippen molar-refractivity contribution in [1.29, 1.82) is 0 Å². The number of carbonyl (C=O) groups excluding carboxylic acids is 4. The Kier molecular flexibility index (Phi) is 11.6. The van der Waals surface area contributed by atoms with E-state index in [0.29, 0.717) is 35.8 Å². The summed E-state index contributed by atoms with van der Waals surface area (Å²) in [6, 6.07) is 8.75. The average Bonchev–Trinajstić information content (AvgIpc) is 3.80. The summed E-state index contributed by atoms with van der Waals surface area (Å²) >= 11 is 1.29. The van der Waals surface area contributed by atoms with E-state index in [0.717, 1.165) is 45.2 Å². The molecule has 3 amide bonds. The first kappa shape index (κ1) is 34.4. The molecule has 47 heavy (non-hydrogen) atoms. The van der Waals surface area contributed by atoms with E-state index in [2.05, 4.69) is 20.6 Å². The van der Waals surface area contributed by atoms with Crippen LogP contribution in [-0.2, 0) is 16.1 Å². The molecule has 3 atom stereocenters. The Hall–Kier alpha value is -3.90. The normalized spacial score (nSPS) is 17.9. The molecule has 1 saturated carbocycles. The first-order valence-electron chi connectivity index (χ1n) is 16.6. The van der Waals surface area contributed by atoms with E-state index in [4.69, 9.17) is 0 Å². The van der Waals surface area contributed by atoms with E-state index >= 15 is 4.39 Å². The van der Waals surface area contributed by atoms with Crippen molar-refractivity contribution >= 4 is 40.5 Å². The number of rotatable bonds is 12. The standard InChI is InChI=1S/C35H45FN6O4S/c1-4-42-29(14-15-37-42)30(43)22-26(24-9-6-5-7-10-24)33(44)38-28-13-12-25(21-27(28)36)23(2)32(39-34(45)31-11-8-20-47-31)35(46)41-18-16-40(3)17-19-41/h8,11-15,20-21,23-24,26,32H,4-7,9-10,16-19,22H2,1-3H3,(H,38,44)(H,39,45)/t23-,26-,32+/m0/s1. The zero-order valence-corrected chi connectivity index (χ0v) is 28.2. The number of benzene rings is 1. The highest BCUT2D eigenvalue weighted by molar-refractivity contribution is 7.12. The number of anilines is 1. The predicted octanol–water partition coefficient (Wildman–Crippen LogP) is 5.19. The topological polar surface area (TPSA) is 117 Å². The summed E-state index contributed by atoms with van der Waals surface area (Å²) in [5, 5.41) is 11.7. The molecule has 0 bridgehead atoms. The average molecular weight is 665 g/mol. The number of aromatic nitrogens is 2. The van der Waals surface area contributed by atoms with Gasteiger partial charge in [0.25, 0.3) is 5.91 Å². The summed E-state index contributed by atoms with van der Waals surface area (Å²) < 4.78 is 17.4. The third-order valence-corrected chi connectivity index (χ3v) is 10.5. The second-order valence-electron chi connectivity index (χ2n) is 12.7. The molecule has 2 N–H and O–H groups in total.